The fraction of sp³-hybridized carbons (Fsp3) is 0.429. The lowest BCUT2D eigenvalue weighted by molar-refractivity contribution is 0.0953. The maximum Gasteiger partial charge on any atom is 0.320 e. The fourth-order valence-electron chi connectivity index (χ4n) is 4.05. The van der Waals surface area contributed by atoms with Crippen molar-refractivity contribution in [2.24, 2.45) is 0 Å². The Morgan fingerprint density at radius 1 is 1.23 bits per heavy atom. The lowest BCUT2D eigenvalue weighted by atomic mass is 10.2. The van der Waals surface area contributed by atoms with Crippen LogP contribution in [-0.2, 0) is 6.54 Å². The smallest absolute Gasteiger partial charge is 0.320 e. The average molecular weight is 427 g/mol. The molecule has 10 heteroatoms. The standard InChI is InChI=1S/C21H26FN7O2/c1-3-24-21(31)27-18-8-13(4-5-25-18)12-28-6-7-29(17-10-16(17)28)14-9-15(22)19(26-11-14)20(30)23-2/h4-5,8-9,11,16-17H,3,6-7,10,12H2,1-2H3,(H,23,30)(H2,24,25,27,31). The quantitative estimate of drug-likeness (QED) is 0.647. The first-order valence-corrected chi connectivity index (χ1v) is 10.4. The Morgan fingerprint density at radius 2 is 2.06 bits per heavy atom. The normalized spacial score (nSPS) is 20.0. The van der Waals surface area contributed by atoms with E-state index >= 15 is 0 Å². The number of nitrogens with one attached hydrogen (secondary N) is 3. The molecule has 0 aromatic carbocycles. The highest BCUT2D eigenvalue weighted by molar-refractivity contribution is 5.92. The number of urea groups is 1. The van der Waals surface area contributed by atoms with Crippen molar-refractivity contribution in [1.82, 2.24) is 25.5 Å². The van der Waals surface area contributed by atoms with E-state index in [9.17, 15) is 14.0 Å². The highest BCUT2D eigenvalue weighted by atomic mass is 19.1. The summed E-state index contributed by atoms with van der Waals surface area (Å²) in [4.78, 5) is 36.2. The monoisotopic (exact) mass is 427 g/mol. The molecule has 9 nitrogen and oxygen atoms in total. The van der Waals surface area contributed by atoms with Crippen LogP contribution in [0.4, 0.5) is 20.7 Å². The zero-order chi connectivity index (χ0) is 22.0. The molecular formula is C21H26FN7O2. The second-order valence-corrected chi connectivity index (χ2v) is 7.67. The number of hydrogen-bond acceptors (Lipinski definition) is 6. The Labute approximate surface area is 180 Å². The summed E-state index contributed by atoms with van der Waals surface area (Å²) >= 11 is 0. The van der Waals surface area contributed by atoms with Crippen molar-refractivity contribution in [1.29, 1.82) is 0 Å². The van der Waals surface area contributed by atoms with Crippen LogP contribution in [0.2, 0.25) is 0 Å². The highest BCUT2D eigenvalue weighted by Crippen LogP contribution is 2.40. The third-order valence-electron chi connectivity index (χ3n) is 5.61. The molecule has 0 radical (unpaired) electrons. The van der Waals surface area contributed by atoms with Gasteiger partial charge in [-0.3, -0.25) is 15.0 Å². The minimum absolute atomic E-state index is 0.188. The van der Waals surface area contributed by atoms with Gasteiger partial charge in [0.1, 0.15) is 5.82 Å². The van der Waals surface area contributed by atoms with Crippen LogP contribution in [0, 0.1) is 5.82 Å². The van der Waals surface area contributed by atoms with E-state index in [4.69, 9.17) is 0 Å². The summed E-state index contributed by atoms with van der Waals surface area (Å²) in [5.74, 6) is -0.621. The summed E-state index contributed by atoms with van der Waals surface area (Å²) in [6.45, 7) is 4.73. The maximum atomic E-state index is 14.3. The average Bonchev–Trinajstić information content (AvgIpc) is 3.55. The maximum absolute atomic E-state index is 14.3. The van der Waals surface area contributed by atoms with Crippen molar-refractivity contribution in [2.45, 2.75) is 32.0 Å². The van der Waals surface area contributed by atoms with Crippen molar-refractivity contribution < 1.29 is 14.0 Å². The lowest BCUT2D eigenvalue weighted by Crippen LogP contribution is -2.46. The Hall–Kier alpha value is -3.27. The lowest BCUT2D eigenvalue weighted by Gasteiger charge is -2.35. The molecular weight excluding hydrogens is 401 g/mol. The summed E-state index contributed by atoms with van der Waals surface area (Å²) in [6.07, 6.45) is 4.26. The van der Waals surface area contributed by atoms with Gasteiger partial charge >= 0.3 is 6.03 Å². The highest BCUT2D eigenvalue weighted by Gasteiger charge is 2.49. The number of rotatable bonds is 6. The molecule has 3 heterocycles. The number of aromatic nitrogens is 2. The molecule has 1 aliphatic carbocycles. The van der Waals surface area contributed by atoms with Gasteiger partial charge in [0.25, 0.3) is 5.91 Å². The third kappa shape index (κ3) is 4.58. The van der Waals surface area contributed by atoms with E-state index in [0.717, 1.165) is 31.6 Å². The summed E-state index contributed by atoms with van der Waals surface area (Å²) in [5, 5.41) is 7.81. The molecule has 3 N–H and O–H groups in total. The number of piperazine rings is 1. The molecule has 1 saturated heterocycles. The van der Waals surface area contributed by atoms with Crippen LogP contribution < -0.4 is 20.9 Å². The molecule has 31 heavy (non-hydrogen) atoms. The Balaban J connectivity index is 1.38. The van der Waals surface area contributed by atoms with Gasteiger partial charge in [-0.1, -0.05) is 0 Å². The van der Waals surface area contributed by atoms with Crippen LogP contribution in [0.25, 0.3) is 0 Å². The molecule has 2 atom stereocenters. The van der Waals surface area contributed by atoms with E-state index in [1.165, 1.54) is 13.1 Å². The number of carbonyl (C=O) groups excluding carboxylic acids is 2. The number of fused-ring (bicyclic) bond motifs is 1. The van der Waals surface area contributed by atoms with Crippen LogP contribution in [-0.4, -0.2) is 65.6 Å². The Bertz CT molecular complexity index is 986. The molecule has 1 aliphatic heterocycles. The molecule has 1 saturated carbocycles. The first-order valence-electron chi connectivity index (χ1n) is 10.4. The summed E-state index contributed by atoms with van der Waals surface area (Å²) in [5.41, 5.74) is 1.59. The van der Waals surface area contributed by atoms with Gasteiger partial charge in [0, 0.05) is 57.6 Å². The number of halogens is 1. The van der Waals surface area contributed by atoms with Crippen LogP contribution in [0.5, 0.6) is 0 Å². The summed E-state index contributed by atoms with van der Waals surface area (Å²) < 4.78 is 14.3. The zero-order valence-electron chi connectivity index (χ0n) is 17.6. The molecule has 2 fully saturated rings. The van der Waals surface area contributed by atoms with Crippen LogP contribution >= 0.6 is 0 Å². The third-order valence-corrected chi connectivity index (χ3v) is 5.61. The predicted molar refractivity (Wildman–Crippen MR) is 114 cm³/mol. The van der Waals surface area contributed by atoms with E-state index in [0.29, 0.717) is 30.1 Å². The predicted octanol–water partition coefficient (Wildman–Crippen LogP) is 1.58. The number of carbonyl (C=O) groups is 2. The number of hydrogen-bond donors (Lipinski definition) is 3. The number of nitrogens with zero attached hydrogens (tertiary/aromatic N) is 4. The Morgan fingerprint density at radius 3 is 2.81 bits per heavy atom. The van der Waals surface area contributed by atoms with Gasteiger partial charge in [0.05, 0.1) is 11.9 Å². The molecule has 164 valence electrons. The SMILES string of the molecule is CCNC(=O)Nc1cc(CN2CCN(c3cnc(C(=O)NC)c(F)c3)C3CC32)ccn1. The second kappa shape index (κ2) is 8.84. The van der Waals surface area contributed by atoms with Gasteiger partial charge in [-0.25, -0.2) is 19.2 Å². The molecule has 0 spiro atoms. The molecule has 2 aromatic heterocycles. The summed E-state index contributed by atoms with van der Waals surface area (Å²) in [7, 11) is 1.45. The number of amides is 3. The topological polar surface area (TPSA) is 102 Å². The van der Waals surface area contributed by atoms with E-state index in [2.05, 4.69) is 35.7 Å². The van der Waals surface area contributed by atoms with Crippen molar-refractivity contribution in [3.8, 4) is 0 Å². The molecule has 3 amide bonds. The van der Waals surface area contributed by atoms with Gasteiger partial charge in [-0.2, -0.15) is 0 Å². The van der Waals surface area contributed by atoms with Gasteiger partial charge < -0.3 is 15.5 Å². The number of anilines is 2. The van der Waals surface area contributed by atoms with Gasteiger partial charge in [0.15, 0.2) is 11.5 Å². The minimum Gasteiger partial charge on any atom is -0.364 e. The van der Waals surface area contributed by atoms with Crippen LogP contribution in [0.15, 0.2) is 30.6 Å². The van der Waals surface area contributed by atoms with E-state index in [1.807, 2.05) is 19.1 Å². The van der Waals surface area contributed by atoms with Gasteiger partial charge in [0.2, 0.25) is 0 Å². The first kappa shape index (κ1) is 21.0. The fourth-order valence-corrected chi connectivity index (χ4v) is 4.05. The van der Waals surface area contributed by atoms with Crippen molar-refractivity contribution in [3.05, 3.63) is 47.7 Å². The van der Waals surface area contributed by atoms with Crippen LogP contribution in [0.3, 0.4) is 0 Å². The Kier molecular flexibility index (Phi) is 5.99. The number of pyridine rings is 2. The molecule has 0 bridgehead atoms. The van der Waals surface area contributed by atoms with E-state index in [-0.39, 0.29) is 11.7 Å². The molecule has 2 unspecified atom stereocenters. The van der Waals surface area contributed by atoms with Crippen LogP contribution in [0.1, 0.15) is 29.4 Å². The van der Waals surface area contributed by atoms with Crippen molar-refractivity contribution >= 4 is 23.4 Å². The van der Waals surface area contributed by atoms with E-state index in [1.54, 1.807) is 12.4 Å². The molecule has 2 aliphatic rings. The first-order chi connectivity index (χ1) is 15.0. The zero-order valence-corrected chi connectivity index (χ0v) is 17.6. The van der Waals surface area contributed by atoms with Gasteiger partial charge in [-0.05, 0) is 31.0 Å². The van der Waals surface area contributed by atoms with Crippen molar-refractivity contribution in [2.75, 3.05) is 36.9 Å². The minimum atomic E-state index is -0.611. The molecule has 4 rings (SSSR count). The van der Waals surface area contributed by atoms with Gasteiger partial charge in [-0.15, -0.1) is 0 Å². The van der Waals surface area contributed by atoms with E-state index < -0.39 is 11.7 Å². The summed E-state index contributed by atoms with van der Waals surface area (Å²) in [6, 6.07) is 5.63. The molecule has 2 aromatic rings. The largest absolute Gasteiger partial charge is 0.364 e. The van der Waals surface area contributed by atoms with Crippen molar-refractivity contribution in [3.63, 3.8) is 0 Å². The second-order valence-electron chi connectivity index (χ2n) is 7.67.